The zero-order valence-electron chi connectivity index (χ0n) is 8.98. The summed E-state index contributed by atoms with van der Waals surface area (Å²) in [5.41, 5.74) is 6.13. The van der Waals surface area contributed by atoms with Gasteiger partial charge in [-0.25, -0.2) is 13.6 Å². The van der Waals surface area contributed by atoms with Gasteiger partial charge in [-0.05, 0) is 24.3 Å². The second-order valence-electron chi connectivity index (χ2n) is 3.39. The van der Waals surface area contributed by atoms with Gasteiger partial charge in [0, 0.05) is 0 Å². The number of nitrogens with two attached hydrogens (primary N) is 2. The molecule has 2 rings (SSSR count). The smallest absolute Gasteiger partial charge is 0.238 e. The van der Waals surface area contributed by atoms with Gasteiger partial charge >= 0.3 is 0 Å². The topological polar surface area (TPSA) is 141 Å². The molecule has 0 spiro atoms. The summed E-state index contributed by atoms with van der Waals surface area (Å²) in [5.74, 6) is 0.0841. The number of sulfonamides is 1. The van der Waals surface area contributed by atoms with Crippen LogP contribution in [0.5, 0.6) is 0 Å². The molecule has 0 fully saturated rings. The van der Waals surface area contributed by atoms with E-state index in [0.29, 0.717) is 5.69 Å². The Morgan fingerprint density at radius 1 is 1.28 bits per heavy atom. The molecule has 9 heteroatoms. The van der Waals surface area contributed by atoms with Gasteiger partial charge in [0.1, 0.15) is 6.07 Å². The number of hydrogen-bond acceptors (Lipinski definition) is 6. The van der Waals surface area contributed by atoms with Crippen LogP contribution in [-0.2, 0) is 10.0 Å². The number of nitrogens with zero attached hydrogens (tertiary/aromatic N) is 4. The quantitative estimate of drug-likeness (QED) is 0.739. The van der Waals surface area contributed by atoms with Crippen LogP contribution in [-0.4, -0.2) is 23.4 Å². The minimum Gasteiger partial charge on any atom is -0.381 e. The summed E-state index contributed by atoms with van der Waals surface area (Å²) in [5, 5.41) is 20.9. The minimum absolute atomic E-state index is 0.00511. The molecule has 18 heavy (non-hydrogen) atoms. The van der Waals surface area contributed by atoms with E-state index in [4.69, 9.17) is 16.1 Å². The van der Waals surface area contributed by atoms with Gasteiger partial charge in [0.25, 0.3) is 0 Å². The van der Waals surface area contributed by atoms with E-state index in [-0.39, 0.29) is 16.4 Å². The Bertz CT molecular complexity index is 725. The fourth-order valence-corrected chi connectivity index (χ4v) is 1.85. The number of hydrogen-bond donors (Lipinski definition) is 2. The number of benzene rings is 1. The zero-order valence-corrected chi connectivity index (χ0v) is 9.79. The molecule has 8 nitrogen and oxygen atoms in total. The van der Waals surface area contributed by atoms with Crippen molar-refractivity contribution >= 4 is 15.8 Å². The highest BCUT2D eigenvalue weighted by Gasteiger charge is 2.12. The SMILES string of the molecule is N#Cc1nnn(-c2ccc(S(N)(=O)=O)cc2)c1N. The van der Waals surface area contributed by atoms with Crippen LogP contribution in [0, 0.1) is 11.3 Å². The summed E-state index contributed by atoms with van der Waals surface area (Å²) >= 11 is 0. The molecule has 1 heterocycles. The van der Waals surface area contributed by atoms with E-state index in [9.17, 15) is 8.42 Å². The minimum atomic E-state index is -3.74. The highest BCUT2D eigenvalue weighted by molar-refractivity contribution is 7.89. The van der Waals surface area contributed by atoms with Gasteiger partial charge < -0.3 is 5.73 Å². The predicted molar refractivity (Wildman–Crippen MR) is 61.9 cm³/mol. The van der Waals surface area contributed by atoms with E-state index in [1.165, 1.54) is 28.9 Å². The Morgan fingerprint density at radius 3 is 2.33 bits per heavy atom. The van der Waals surface area contributed by atoms with Crippen molar-refractivity contribution in [3.63, 3.8) is 0 Å². The Kier molecular flexibility index (Phi) is 2.74. The maximum atomic E-state index is 11.1. The van der Waals surface area contributed by atoms with Crippen molar-refractivity contribution in [3.8, 4) is 11.8 Å². The Hall–Kier alpha value is -2.44. The van der Waals surface area contributed by atoms with Crippen LogP contribution in [0.4, 0.5) is 5.82 Å². The third-order valence-corrected chi connectivity index (χ3v) is 3.15. The first kappa shape index (κ1) is 12.0. The summed E-state index contributed by atoms with van der Waals surface area (Å²) in [7, 11) is -3.74. The molecule has 0 radical (unpaired) electrons. The largest absolute Gasteiger partial charge is 0.381 e. The first-order valence-corrected chi connectivity index (χ1v) is 6.22. The van der Waals surface area contributed by atoms with E-state index >= 15 is 0 Å². The van der Waals surface area contributed by atoms with Gasteiger partial charge in [-0.1, -0.05) is 5.21 Å². The van der Waals surface area contributed by atoms with Crippen molar-refractivity contribution in [2.24, 2.45) is 5.14 Å². The molecule has 0 saturated carbocycles. The first-order valence-electron chi connectivity index (χ1n) is 4.68. The van der Waals surface area contributed by atoms with Crippen molar-refractivity contribution in [1.82, 2.24) is 15.0 Å². The van der Waals surface area contributed by atoms with Crippen LogP contribution in [0.15, 0.2) is 29.2 Å². The lowest BCUT2D eigenvalue weighted by Crippen LogP contribution is -2.12. The van der Waals surface area contributed by atoms with Gasteiger partial charge in [0.05, 0.1) is 10.6 Å². The molecule has 1 aromatic heterocycles. The van der Waals surface area contributed by atoms with Gasteiger partial charge in [-0.2, -0.15) is 9.94 Å². The van der Waals surface area contributed by atoms with Crippen LogP contribution in [0.2, 0.25) is 0 Å². The lowest BCUT2D eigenvalue weighted by Gasteiger charge is -2.03. The lowest BCUT2D eigenvalue weighted by molar-refractivity contribution is 0.598. The number of primary sulfonamides is 1. The summed E-state index contributed by atoms with van der Waals surface area (Å²) in [4.78, 5) is -0.0227. The number of nitrogen functional groups attached to an aromatic ring is 1. The van der Waals surface area contributed by atoms with Gasteiger partial charge in [-0.15, -0.1) is 5.10 Å². The van der Waals surface area contributed by atoms with E-state index < -0.39 is 10.0 Å². The second-order valence-corrected chi connectivity index (χ2v) is 4.95. The molecule has 0 atom stereocenters. The molecule has 0 bridgehead atoms. The van der Waals surface area contributed by atoms with Crippen LogP contribution in [0.3, 0.4) is 0 Å². The Morgan fingerprint density at radius 2 is 1.89 bits per heavy atom. The predicted octanol–water partition coefficient (Wildman–Crippen LogP) is -0.631. The van der Waals surface area contributed by atoms with Gasteiger partial charge in [0.15, 0.2) is 5.82 Å². The van der Waals surface area contributed by atoms with Gasteiger partial charge in [0.2, 0.25) is 15.7 Å². The molecule has 0 amide bonds. The van der Waals surface area contributed by atoms with Crippen molar-refractivity contribution < 1.29 is 8.42 Å². The second kappa shape index (κ2) is 4.10. The van der Waals surface area contributed by atoms with E-state index in [0.717, 1.165) is 0 Å². The molecule has 92 valence electrons. The summed E-state index contributed by atoms with van der Waals surface area (Å²) in [6.07, 6.45) is 0. The standard InChI is InChI=1S/C9H8N6O2S/c10-5-8-9(11)15(14-13-8)6-1-3-7(4-2-6)18(12,16)17/h1-4H,11H2,(H2,12,16,17). The Labute approximate surface area is 102 Å². The summed E-state index contributed by atoms with van der Waals surface area (Å²) in [6, 6.07) is 7.35. The average molecular weight is 264 g/mol. The monoisotopic (exact) mass is 264 g/mol. The molecule has 0 unspecified atom stereocenters. The van der Waals surface area contributed by atoms with Crippen LogP contribution in [0.1, 0.15) is 5.69 Å². The van der Waals surface area contributed by atoms with Crippen molar-refractivity contribution in [3.05, 3.63) is 30.0 Å². The zero-order chi connectivity index (χ0) is 13.3. The Balaban J connectivity index is 2.48. The maximum absolute atomic E-state index is 11.1. The molecule has 4 N–H and O–H groups in total. The normalized spacial score (nSPS) is 11.1. The fraction of sp³-hybridized carbons (Fsp3) is 0. The van der Waals surface area contributed by atoms with Crippen molar-refractivity contribution in [1.29, 1.82) is 5.26 Å². The van der Waals surface area contributed by atoms with Gasteiger partial charge in [-0.3, -0.25) is 0 Å². The third-order valence-electron chi connectivity index (χ3n) is 2.22. The summed E-state index contributed by atoms with van der Waals surface area (Å²) < 4.78 is 23.4. The third kappa shape index (κ3) is 2.02. The maximum Gasteiger partial charge on any atom is 0.238 e. The van der Waals surface area contributed by atoms with Crippen LogP contribution < -0.4 is 10.9 Å². The van der Waals surface area contributed by atoms with E-state index in [1.54, 1.807) is 6.07 Å². The number of nitriles is 1. The average Bonchev–Trinajstić information content (AvgIpc) is 2.69. The number of anilines is 1. The molecule has 0 aliphatic rings. The highest BCUT2D eigenvalue weighted by Crippen LogP contribution is 2.16. The molecular formula is C9H8N6O2S. The molecule has 2 aromatic rings. The van der Waals surface area contributed by atoms with E-state index in [1.807, 2.05) is 0 Å². The fourth-order valence-electron chi connectivity index (χ4n) is 1.34. The summed E-state index contributed by atoms with van der Waals surface area (Å²) in [6.45, 7) is 0. The molecular weight excluding hydrogens is 256 g/mol. The van der Waals surface area contributed by atoms with E-state index in [2.05, 4.69) is 10.3 Å². The molecule has 0 aliphatic carbocycles. The number of rotatable bonds is 2. The highest BCUT2D eigenvalue weighted by atomic mass is 32.2. The lowest BCUT2D eigenvalue weighted by atomic mass is 10.3. The first-order chi connectivity index (χ1) is 8.43. The molecule has 0 saturated heterocycles. The van der Waals surface area contributed by atoms with Crippen LogP contribution >= 0.6 is 0 Å². The molecule has 1 aromatic carbocycles. The van der Waals surface area contributed by atoms with Crippen molar-refractivity contribution in [2.45, 2.75) is 4.90 Å². The number of aromatic nitrogens is 3. The van der Waals surface area contributed by atoms with Crippen LogP contribution in [0.25, 0.3) is 5.69 Å². The molecule has 0 aliphatic heterocycles. The van der Waals surface area contributed by atoms with Crippen molar-refractivity contribution in [2.75, 3.05) is 5.73 Å².